The van der Waals surface area contributed by atoms with Gasteiger partial charge in [-0.15, -0.1) is 0 Å². The second-order valence-electron chi connectivity index (χ2n) is 6.03. The average Bonchev–Trinajstić information content (AvgIpc) is 2.71. The van der Waals surface area contributed by atoms with Crippen molar-refractivity contribution in [1.82, 2.24) is 16.0 Å². The van der Waals surface area contributed by atoms with Crippen LogP contribution in [0, 0.1) is 0 Å². The van der Waals surface area contributed by atoms with Gasteiger partial charge in [-0.3, -0.25) is 14.9 Å². The third-order valence-electron chi connectivity index (χ3n) is 4.01. The molecule has 0 heterocycles. The summed E-state index contributed by atoms with van der Waals surface area (Å²) in [6, 6.07) is 17.3. The van der Waals surface area contributed by atoms with E-state index in [1.165, 1.54) is 0 Å². The minimum absolute atomic E-state index is 0.0636. The van der Waals surface area contributed by atoms with Crippen LogP contribution in [0.2, 0.25) is 0 Å². The van der Waals surface area contributed by atoms with Gasteiger partial charge in [-0.25, -0.2) is 0 Å². The standard InChI is InChI=1S/C20H25N3O4/c24-13-17(15-7-3-1-4-8-15)22-19(26)11-21-12-20(27)23-18(14-25)16-9-5-2-6-10-16/h1-10,17-18,21,24-25H,11-14H2,(H,22,26)(H,23,27)/t17-,18-/m1/s1. The predicted octanol–water partition coefficient (Wildman–Crippen LogP) is 0.276. The summed E-state index contributed by atoms with van der Waals surface area (Å²) in [5, 5.41) is 27.1. The molecule has 0 aliphatic carbocycles. The Kier molecular flexibility index (Phi) is 8.44. The fourth-order valence-corrected chi connectivity index (χ4v) is 2.62. The molecule has 7 nitrogen and oxygen atoms in total. The van der Waals surface area contributed by atoms with E-state index in [4.69, 9.17) is 0 Å². The number of rotatable bonds is 10. The first-order valence-corrected chi connectivity index (χ1v) is 8.75. The topological polar surface area (TPSA) is 111 Å². The zero-order valence-electron chi connectivity index (χ0n) is 15.0. The third kappa shape index (κ3) is 6.82. The van der Waals surface area contributed by atoms with Crippen molar-refractivity contribution in [2.75, 3.05) is 26.3 Å². The van der Waals surface area contributed by atoms with Gasteiger partial charge in [0.1, 0.15) is 0 Å². The van der Waals surface area contributed by atoms with Crippen LogP contribution in [0.4, 0.5) is 0 Å². The molecule has 5 N–H and O–H groups in total. The maximum Gasteiger partial charge on any atom is 0.234 e. The van der Waals surface area contributed by atoms with E-state index in [0.29, 0.717) is 0 Å². The second kappa shape index (κ2) is 11.1. The van der Waals surface area contributed by atoms with Crippen LogP contribution in [0.3, 0.4) is 0 Å². The van der Waals surface area contributed by atoms with Crippen LogP contribution in [0.25, 0.3) is 0 Å². The lowest BCUT2D eigenvalue weighted by atomic mass is 10.1. The molecule has 0 spiro atoms. The SMILES string of the molecule is O=C(CNCC(=O)N[C@H](CO)c1ccccc1)N[C@H](CO)c1ccccc1. The van der Waals surface area contributed by atoms with Gasteiger partial charge >= 0.3 is 0 Å². The number of nitrogens with one attached hydrogen (secondary N) is 3. The van der Waals surface area contributed by atoms with Crippen molar-refractivity contribution in [3.05, 3.63) is 71.8 Å². The van der Waals surface area contributed by atoms with E-state index in [1.807, 2.05) is 60.7 Å². The molecule has 2 rings (SSSR count). The summed E-state index contributed by atoms with van der Waals surface area (Å²) < 4.78 is 0. The van der Waals surface area contributed by atoms with Gasteiger partial charge < -0.3 is 20.8 Å². The summed E-state index contributed by atoms with van der Waals surface area (Å²) >= 11 is 0. The van der Waals surface area contributed by atoms with Crippen LogP contribution in [0.15, 0.2) is 60.7 Å². The molecule has 27 heavy (non-hydrogen) atoms. The molecule has 0 aromatic heterocycles. The minimum Gasteiger partial charge on any atom is -0.394 e. The Balaban J connectivity index is 1.74. The Hall–Kier alpha value is -2.74. The van der Waals surface area contributed by atoms with Crippen molar-refractivity contribution in [2.45, 2.75) is 12.1 Å². The molecule has 0 bridgehead atoms. The number of aliphatic hydroxyl groups excluding tert-OH is 2. The fraction of sp³-hybridized carbons (Fsp3) is 0.300. The Bertz CT molecular complexity index is 648. The number of amides is 2. The van der Waals surface area contributed by atoms with Crippen LogP contribution >= 0.6 is 0 Å². The average molecular weight is 371 g/mol. The monoisotopic (exact) mass is 371 g/mol. The molecule has 0 fully saturated rings. The van der Waals surface area contributed by atoms with E-state index in [9.17, 15) is 19.8 Å². The van der Waals surface area contributed by atoms with Crippen molar-refractivity contribution < 1.29 is 19.8 Å². The van der Waals surface area contributed by atoms with Gasteiger partial charge in [0.2, 0.25) is 11.8 Å². The van der Waals surface area contributed by atoms with Crippen LogP contribution < -0.4 is 16.0 Å². The van der Waals surface area contributed by atoms with Crippen molar-refractivity contribution in [3.8, 4) is 0 Å². The number of hydrogen-bond donors (Lipinski definition) is 5. The van der Waals surface area contributed by atoms with Crippen LogP contribution in [-0.2, 0) is 9.59 Å². The summed E-state index contributed by atoms with van der Waals surface area (Å²) in [5.41, 5.74) is 1.61. The number of hydrogen-bond acceptors (Lipinski definition) is 5. The molecule has 0 radical (unpaired) electrons. The van der Waals surface area contributed by atoms with Gasteiger partial charge in [-0.05, 0) is 11.1 Å². The number of benzene rings is 2. The van der Waals surface area contributed by atoms with Gasteiger partial charge in [-0.1, -0.05) is 60.7 Å². The van der Waals surface area contributed by atoms with Gasteiger partial charge in [0, 0.05) is 0 Å². The van der Waals surface area contributed by atoms with Gasteiger partial charge in [0.05, 0.1) is 38.4 Å². The maximum absolute atomic E-state index is 12.0. The maximum atomic E-state index is 12.0. The van der Waals surface area contributed by atoms with Crippen molar-refractivity contribution in [3.63, 3.8) is 0 Å². The summed E-state index contributed by atoms with van der Waals surface area (Å²) in [7, 11) is 0. The predicted molar refractivity (Wildman–Crippen MR) is 102 cm³/mol. The van der Waals surface area contributed by atoms with E-state index in [0.717, 1.165) is 11.1 Å². The van der Waals surface area contributed by atoms with Gasteiger partial charge in [-0.2, -0.15) is 0 Å². The first-order valence-electron chi connectivity index (χ1n) is 8.75. The summed E-state index contributed by atoms with van der Waals surface area (Å²) in [5.74, 6) is -0.653. The highest BCUT2D eigenvalue weighted by Crippen LogP contribution is 2.12. The first kappa shape index (κ1) is 20.6. The van der Waals surface area contributed by atoms with E-state index in [1.54, 1.807) is 0 Å². The molecule has 0 aliphatic heterocycles. The molecule has 2 amide bonds. The lowest BCUT2D eigenvalue weighted by Gasteiger charge is -2.18. The molecule has 2 aromatic carbocycles. The number of carbonyl (C=O) groups excluding carboxylic acids is 2. The molecule has 144 valence electrons. The number of carbonyl (C=O) groups is 2. The Morgan fingerprint density at radius 1 is 0.704 bits per heavy atom. The molecular formula is C20H25N3O4. The minimum atomic E-state index is -0.494. The largest absolute Gasteiger partial charge is 0.394 e. The molecule has 0 aliphatic rings. The van der Waals surface area contributed by atoms with E-state index in [-0.39, 0.29) is 38.1 Å². The van der Waals surface area contributed by atoms with Crippen LogP contribution in [0.5, 0.6) is 0 Å². The normalized spacial score (nSPS) is 12.8. The van der Waals surface area contributed by atoms with Crippen molar-refractivity contribution >= 4 is 11.8 Å². The quantitative estimate of drug-likeness (QED) is 0.412. The molecule has 0 saturated heterocycles. The van der Waals surface area contributed by atoms with Gasteiger partial charge in [0.15, 0.2) is 0 Å². The van der Waals surface area contributed by atoms with Crippen LogP contribution in [-0.4, -0.2) is 48.3 Å². The Morgan fingerprint density at radius 3 is 1.41 bits per heavy atom. The molecule has 7 heteroatoms. The molecule has 0 unspecified atom stereocenters. The summed E-state index contributed by atoms with van der Waals surface area (Å²) in [6.45, 7) is -0.561. The second-order valence-corrected chi connectivity index (χ2v) is 6.03. The zero-order chi connectivity index (χ0) is 19.5. The highest BCUT2D eigenvalue weighted by atomic mass is 16.3. The fourth-order valence-electron chi connectivity index (χ4n) is 2.62. The smallest absolute Gasteiger partial charge is 0.234 e. The van der Waals surface area contributed by atoms with E-state index < -0.39 is 12.1 Å². The van der Waals surface area contributed by atoms with Gasteiger partial charge in [0.25, 0.3) is 0 Å². The summed E-state index contributed by atoms with van der Waals surface area (Å²) in [4.78, 5) is 24.0. The van der Waals surface area contributed by atoms with Crippen molar-refractivity contribution in [2.24, 2.45) is 0 Å². The highest BCUT2D eigenvalue weighted by Gasteiger charge is 2.15. The highest BCUT2D eigenvalue weighted by molar-refractivity contribution is 5.81. The molecule has 2 atom stereocenters. The molecule has 2 aromatic rings. The van der Waals surface area contributed by atoms with E-state index in [2.05, 4.69) is 16.0 Å². The zero-order valence-corrected chi connectivity index (χ0v) is 15.0. The third-order valence-corrected chi connectivity index (χ3v) is 4.01. The van der Waals surface area contributed by atoms with E-state index >= 15 is 0 Å². The lowest BCUT2D eigenvalue weighted by Crippen LogP contribution is -2.42. The molecule has 0 saturated carbocycles. The first-order chi connectivity index (χ1) is 13.1. The Morgan fingerprint density at radius 2 is 1.07 bits per heavy atom. The summed E-state index contributed by atoms with van der Waals surface area (Å²) in [6.07, 6.45) is 0. The number of aliphatic hydroxyl groups is 2. The van der Waals surface area contributed by atoms with Crippen LogP contribution in [0.1, 0.15) is 23.2 Å². The molecular weight excluding hydrogens is 346 g/mol. The lowest BCUT2D eigenvalue weighted by molar-refractivity contribution is -0.122. The Labute approximate surface area is 158 Å². The van der Waals surface area contributed by atoms with Crippen molar-refractivity contribution in [1.29, 1.82) is 0 Å².